The van der Waals surface area contributed by atoms with Gasteiger partial charge in [-0.05, 0) is 48.2 Å². The van der Waals surface area contributed by atoms with Crippen molar-refractivity contribution in [1.29, 1.82) is 0 Å². The molecule has 1 heterocycles. The van der Waals surface area contributed by atoms with Crippen molar-refractivity contribution in [3.63, 3.8) is 0 Å². The SMILES string of the molecule is Cc1ccc(CNc2ccc(NC(=O)c3cccs3)cc2)cc1. The Hall–Kier alpha value is -2.59. The van der Waals surface area contributed by atoms with E-state index in [2.05, 4.69) is 41.8 Å². The number of thiophene rings is 1. The van der Waals surface area contributed by atoms with Crippen LogP contribution in [0.3, 0.4) is 0 Å². The highest BCUT2D eigenvalue weighted by atomic mass is 32.1. The molecule has 0 spiro atoms. The second kappa shape index (κ2) is 7.11. The van der Waals surface area contributed by atoms with E-state index in [-0.39, 0.29) is 5.91 Å². The first kappa shape index (κ1) is 15.3. The molecule has 0 fully saturated rings. The van der Waals surface area contributed by atoms with Gasteiger partial charge in [0.25, 0.3) is 5.91 Å². The molecule has 4 heteroatoms. The van der Waals surface area contributed by atoms with E-state index < -0.39 is 0 Å². The van der Waals surface area contributed by atoms with Crippen LogP contribution in [0, 0.1) is 6.92 Å². The maximum Gasteiger partial charge on any atom is 0.265 e. The first-order chi connectivity index (χ1) is 11.2. The van der Waals surface area contributed by atoms with Crippen molar-refractivity contribution in [2.75, 3.05) is 10.6 Å². The lowest BCUT2D eigenvalue weighted by atomic mass is 10.1. The van der Waals surface area contributed by atoms with Crippen molar-refractivity contribution in [3.8, 4) is 0 Å². The van der Waals surface area contributed by atoms with Crippen LogP contribution in [0.15, 0.2) is 66.0 Å². The minimum atomic E-state index is -0.0691. The predicted octanol–water partition coefficient (Wildman–Crippen LogP) is 4.92. The Balaban J connectivity index is 1.56. The zero-order valence-corrected chi connectivity index (χ0v) is 13.7. The number of carbonyl (C=O) groups is 1. The number of amides is 1. The van der Waals surface area contributed by atoms with E-state index in [9.17, 15) is 4.79 Å². The number of anilines is 2. The summed E-state index contributed by atoms with van der Waals surface area (Å²) in [5.41, 5.74) is 4.33. The number of rotatable bonds is 5. The second-order valence-corrected chi connectivity index (χ2v) is 6.30. The van der Waals surface area contributed by atoms with E-state index in [0.717, 1.165) is 17.9 Å². The van der Waals surface area contributed by atoms with Gasteiger partial charge in [-0.15, -0.1) is 11.3 Å². The summed E-state index contributed by atoms with van der Waals surface area (Å²) in [6.45, 7) is 2.86. The zero-order chi connectivity index (χ0) is 16.1. The molecule has 3 nitrogen and oxygen atoms in total. The molecule has 0 unspecified atom stereocenters. The highest BCUT2D eigenvalue weighted by Crippen LogP contribution is 2.17. The fourth-order valence-electron chi connectivity index (χ4n) is 2.18. The number of carbonyl (C=O) groups excluding carboxylic acids is 1. The topological polar surface area (TPSA) is 41.1 Å². The first-order valence-corrected chi connectivity index (χ1v) is 8.33. The molecule has 2 N–H and O–H groups in total. The highest BCUT2D eigenvalue weighted by molar-refractivity contribution is 7.12. The largest absolute Gasteiger partial charge is 0.381 e. The van der Waals surface area contributed by atoms with Gasteiger partial charge in [-0.3, -0.25) is 4.79 Å². The summed E-state index contributed by atoms with van der Waals surface area (Å²) in [7, 11) is 0. The molecule has 0 aliphatic rings. The molecule has 1 aromatic heterocycles. The van der Waals surface area contributed by atoms with Crippen LogP contribution in [0.1, 0.15) is 20.8 Å². The summed E-state index contributed by atoms with van der Waals surface area (Å²) >= 11 is 1.44. The molecule has 0 radical (unpaired) electrons. The molecule has 0 atom stereocenters. The van der Waals surface area contributed by atoms with Crippen molar-refractivity contribution in [1.82, 2.24) is 0 Å². The lowest BCUT2D eigenvalue weighted by molar-refractivity contribution is 0.103. The van der Waals surface area contributed by atoms with Gasteiger partial charge in [0.15, 0.2) is 0 Å². The minimum absolute atomic E-state index is 0.0691. The molecule has 23 heavy (non-hydrogen) atoms. The van der Waals surface area contributed by atoms with Gasteiger partial charge in [0.05, 0.1) is 4.88 Å². The molecule has 0 aliphatic heterocycles. The molecule has 0 bridgehead atoms. The first-order valence-electron chi connectivity index (χ1n) is 7.45. The molecule has 3 aromatic rings. The average Bonchev–Trinajstić information content (AvgIpc) is 3.10. The standard InChI is InChI=1S/C19H18N2OS/c1-14-4-6-15(7-5-14)13-20-16-8-10-17(11-9-16)21-19(22)18-3-2-12-23-18/h2-12,20H,13H2,1H3,(H,21,22). The second-order valence-electron chi connectivity index (χ2n) is 5.35. The Kier molecular flexibility index (Phi) is 4.74. The van der Waals surface area contributed by atoms with E-state index in [4.69, 9.17) is 0 Å². The van der Waals surface area contributed by atoms with E-state index >= 15 is 0 Å². The Labute approximate surface area is 140 Å². The van der Waals surface area contributed by atoms with Gasteiger partial charge in [-0.2, -0.15) is 0 Å². The monoisotopic (exact) mass is 322 g/mol. The molecule has 0 aliphatic carbocycles. The van der Waals surface area contributed by atoms with Gasteiger partial charge in [-0.1, -0.05) is 35.9 Å². The summed E-state index contributed by atoms with van der Waals surface area (Å²) in [6.07, 6.45) is 0. The van der Waals surface area contributed by atoms with E-state index in [1.54, 1.807) is 0 Å². The van der Waals surface area contributed by atoms with Crippen molar-refractivity contribution >= 4 is 28.6 Å². The van der Waals surface area contributed by atoms with Crippen LogP contribution in [0.5, 0.6) is 0 Å². The molecule has 1 amide bonds. The van der Waals surface area contributed by atoms with E-state index in [1.165, 1.54) is 22.5 Å². The third-order valence-corrected chi connectivity index (χ3v) is 4.37. The van der Waals surface area contributed by atoms with Crippen molar-refractivity contribution < 1.29 is 4.79 Å². The maximum absolute atomic E-state index is 12.0. The molecular weight excluding hydrogens is 304 g/mol. The van der Waals surface area contributed by atoms with Crippen molar-refractivity contribution in [2.45, 2.75) is 13.5 Å². The van der Waals surface area contributed by atoms with E-state index in [0.29, 0.717) is 4.88 Å². The predicted molar refractivity (Wildman–Crippen MR) is 97.2 cm³/mol. The van der Waals surface area contributed by atoms with Crippen LogP contribution in [0.4, 0.5) is 11.4 Å². The van der Waals surface area contributed by atoms with Crippen LogP contribution in [-0.4, -0.2) is 5.91 Å². The van der Waals surface area contributed by atoms with Crippen LogP contribution in [0.2, 0.25) is 0 Å². The van der Waals surface area contributed by atoms with Crippen molar-refractivity contribution in [2.24, 2.45) is 0 Å². The summed E-state index contributed by atoms with van der Waals surface area (Å²) in [5.74, 6) is -0.0691. The van der Waals surface area contributed by atoms with Gasteiger partial charge in [0, 0.05) is 17.9 Å². The zero-order valence-electron chi connectivity index (χ0n) is 12.9. The molecule has 116 valence electrons. The third kappa shape index (κ3) is 4.20. The lowest BCUT2D eigenvalue weighted by Crippen LogP contribution is -2.10. The summed E-state index contributed by atoms with van der Waals surface area (Å²) in [5, 5.41) is 8.17. The Bertz CT molecular complexity index is 762. The Morgan fingerprint density at radius 3 is 2.30 bits per heavy atom. The fourth-order valence-corrected chi connectivity index (χ4v) is 2.80. The Morgan fingerprint density at radius 1 is 0.957 bits per heavy atom. The number of aryl methyl sites for hydroxylation is 1. The maximum atomic E-state index is 12.0. The van der Waals surface area contributed by atoms with Crippen LogP contribution in [-0.2, 0) is 6.54 Å². The average molecular weight is 322 g/mol. The number of hydrogen-bond donors (Lipinski definition) is 2. The lowest BCUT2D eigenvalue weighted by Gasteiger charge is -2.09. The number of nitrogens with one attached hydrogen (secondary N) is 2. The molecule has 0 saturated heterocycles. The molecular formula is C19H18N2OS. The molecule has 2 aromatic carbocycles. The number of benzene rings is 2. The normalized spacial score (nSPS) is 10.3. The van der Waals surface area contributed by atoms with Gasteiger partial charge < -0.3 is 10.6 Å². The smallest absolute Gasteiger partial charge is 0.265 e. The molecule has 0 saturated carbocycles. The molecule has 3 rings (SSSR count). The van der Waals surface area contributed by atoms with Gasteiger partial charge in [-0.25, -0.2) is 0 Å². The minimum Gasteiger partial charge on any atom is -0.381 e. The van der Waals surface area contributed by atoms with Crippen LogP contribution in [0.25, 0.3) is 0 Å². The highest BCUT2D eigenvalue weighted by Gasteiger charge is 2.06. The third-order valence-electron chi connectivity index (χ3n) is 3.50. The fraction of sp³-hybridized carbons (Fsp3) is 0.105. The van der Waals surface area contributed by atoms with Crippen LogP contribution < -0.4 is 10.6 Å². The van der Waals surface area contributed by atoms with Gasteiger partial charge in [0.2, 0.25) is 0 Å². The van der Waals surface area contributed by atoms with Gasteiger partial charge >= 0.3 is 0 Å². The number of hydrogen-bond acceptors (Lipinski definition) is 3. The summed E-state index contributed by atoms with van der Waals surface area (Å²) in [4.78, 5) is 12.7. The summed E-state index contributed by atoms with van der Waals surface area (Å²) < 4.78 is 0. The van der Waals surface area contributed by atoms with E-state index in [1.807, 2.05) is 41.8 Å². The van der Waals surface area contributed by atoms with Gasteiger partial charge in [0.1, 0.15) is 0 Å². The Morgan fingerprint density at radius 2 is 1.65 bits per heavy atom. The quantitative estimate of drug-likeness (QED) is 0.700. The van der Waals surface area contributed by atoms with Crippen LogP contribution >= 0.6 is 11.3 Å². The van der Waals surface area contributed by atoms with Crippen molar-refractivity contribution in [3.05, 3.63) is 82.0 Å². The summed E-state index contributed by atoms with van der Waals surface area (Å²) in [6, 6.07) is 19.9.